The Kier molecular flexibility index (Phi) is 4.52. The topological polar surface area (TPSA) is 136 Å². The Morgan fingerprint density at radius 1 is 1.24 bits per heavy atom. The summed E-state index contributed by atoms with van der Waals surface area (Å²) in [6.07, 6.45) is 6.35. The van der Waals surface area contributed by atoms with Gasteiger partial charge in [-0.25, -0.2) is 9.97 Å². The fourth-order valence-electron chi connectivity index (χ4n) is 2.75. The van der Waals surface area contributed by atoms with Crippen LogP contribution in [-0.2, 0) is 0 Å². The Bertz CT molecular complexity index is 1220. The van der Waals surface area contributed by atoms with Crippen LogP contribution in [0.25, 0.3) is 33.7 Å². The van der Waals surface area contributed by atoms with Gasteiger partial charge in [0, 0.05) is 29.9 Å². The van der Waals surface area contributed by atoms with Gasteiger partial charge in [-0.1, -0.05) is 0 Å². The highest BCUT2D eigenvalue weighted by molar-refractivity contribution is 5.92. The molecule has 0 radical (unpaired) electrons. The summed E-state index contributed by atoms with van der Waals surface area (Å²) in [7, 11) is 0. The second-order valence-electron chi connectivity index (χ2n) is 7.28. The van der Waals surface area contributed by atoms with E-state index in [-0.39, 0.29) is 18.1 Å². The molecule has 144 valence electrons. The molecule has 4 aromatic heterocycles. The maximum Gasteiger partial charge on any atom is 0.271 e. The minimum absolute atomic E-state index is 0.184. The SMILES string of the molecule is CC(C)(C#N)CNC(=O)c1cncc(-c2cnc3[nH]c(-c4ccn[nH]4)cc3c2)n1. The monoisotopic (exact) mass is 386 g/mol. The van der Waals surface area contributed by atoms with Gasteiger partial charge in [-0.15, -0.1) is 0 Å². The molecule has 4 heterocycles. The molecule has 9 nitrogen and oxygen atoms in total. The van der Waals surface area contributed by atoms with Crippen molar-refractivity contribution in [2.24, 2.45) is 5.41 Å². The van der Waals surface area contributed by atoms with Crippen molar-refractivity contribution < 1.29 is 4.79 Å². The van der Waals surface area contributed by atoms with E-state index >= 15 is 0 Å². The largest absolute Gasteiger partial charge is 0.349 e. The molecule has 0 bridgehead atoms. The Labute approximate surface area is 166 Å². The Morgan fingerprint density at radius 3 is 2.86 bits per heavy atom. The minimum atomic E-state index is -0.656. The van der Waals surface area contributed by atoms with Crippen molar-refractivity contribution in [1.82, 2.24) is 35.5 Å². The zero-order chi connectivity index (χ0) is 20.4. The van der Waals surface area contributed by atoms with E-state index in [0.717, 1.165) is 28.0 Å². The molecule has 0 aliphatic heterocycles. The summed E-state index contributed by atoms with van der Waals surface area (Å²) < 4.78 is 0. The van der Waals surface area contributed by atoms with E-state index in [1.54, 1.807) is 32.4 Å². The third kappa shape index (κ3) is 3.82. The van der Waals surface area contributed by atoms with Crippen molar-refractivity contribution in [1.29, 1.82) is 5.26 Å². The molecular formula is C20H18N8O. The molecule has 4 rings (SSSR count). The van der Waals surface area contributed by atoms with Crippen molar-refractivity contribution >= 4 is 16.9 Å². The molecule has 0 spiro atoms. The van der Waals surface area contributed by atoms with E-state index in [0.29, 0.717) is 5.69 Å². The van der Waals surface area contributed by atoms with Crippen LogP contribution in [0.3, 0.4) is 0 Å². The maximum atomic E-state index is 12.4. The summed E-state index contributed by atoms with van der Waals surface area (Å²) in [4.78, 5) is 28.6. The summed E-state index contributed by atoms with van der Waals surface area (Å²) >= 11 is 0. The molecular weight excluding hydrogens is 368 g/mol. The first-order chi connectivity index (χ1) is 13.9. The van der Waals surface area contributed by atoms with Gasteiger partial charge in [-0.3, -0.25) is 14.9 Å². The van der Waals surface area contributed by atoms with Crippen molar-refractivity contribution in [3.8, 4) is 28.7 Å². The summed E-state index contributed by atoms with van der Waals surface area (Å²) in [5.74, 6) is -0.375. The van der Waals surface area contributed by atoms with Crippen LogP contribution >= 0.6 is 0 Å². The molecule has 0 aliphatic carbocycles. The number of rotatable bonds is 5. The lowest BCUT2D eigenvalue weighted by molar-refractivity contribution is 0.0938. The van der Waals surface area contributed by atoms with Crippen LogP contribution in [0.2, 0.25) is 0 Å². The molecule has 4 aromatic rings. The van der Waals surface area contributed by atoms with Crippen LogP contribution in [-0.4, -0.2) is 42.6 Å². The Balaban J connectivity index is 1.60. The fourth-order valence-corrected chi connectivity index (χ4v) is 2.75. The van der Waals surface area contributed by atoms with Gasteiger partial charge in [0.05, 0.1) is 41.0 Å². The first-order valence-corrected chi connectivity index (χ1v) is 8.95. The van der Waals surface area contributed by atoms with Gasteiger partial charge >= 0.3 is 0 Å². The number of pyridine rings is 1. The number of aromatic amines is 2. The van der Waals surface area contributed by atoms with Crippen LogP contribution in [0, 0.1) is 16.7 Å². The van der Waals surface area contributed by atoms with Gasteiger partial charge in [-0.2, -0.15) is 10.4 Å². The molecule has 0 saturated heterocycles. The lowest BCUT2D eigenvalue weighted by atomic mass is 9.96. The smallest absolute Gasteiger partial charge is 0.271 e. The predicted octanol–water partition coefficient (Wildman–Crippen LogP) is 2.69. The number of H-pyrrole nitrogens is 2. The van der Waals surface area contributed by atoms with Crippen LogP contribution in [0.1, 0.15) is 24.3 Å². The average Bonchev–Trinajstić information content (AvgIpc) is 3.41. The van der Waals surface area contributed by atoms with Crippen molar-refractivity contribution in [2.75, 3.05) is 6.54 Å². The zero-order valence-corrected chi connectivity index (χ0v) is 15.9. The molecule has 29 heavy (non-hydrogen) atoms. The lowest BCUT2D eigenvalue weighted by Gasteiger charge is -2.15. The van der Waals surface area contributed by atoms with Gasteiger partial charge in [0.1, 0.15) is 11.3 Å². The molecule has 0 fully saturated rings. The van der Waals surface area contributed by atoms with E-state index in [2.05, 4.69) is 41.5 Å². The molecule has 0 saturated carbocycles. The Hall–Kier alpha value is -4.06. The van der Waals surface area contributed by atoms with Gasteiger partial charge in [0.25, 0.3) is 5.91 Å². The second kappa shape index (κ2) is 7.16. The number of carbonyl (C=O) groups is 1. The number of hydrogen-bond acceptors (Lipinski definition) is 6. The number of carbonyl (C=O) groups excluding carboxylic acids is 1. The quantitative estimate of drug-likeness (QED) is 0.482. The van der Waals surface area contributed by atoms with E-state index in [1.807, 2.05) is 18.2 Å². The lowest BCUT2D eigenvalue weighted by Crippen LogP contribution is -2.33. The predicted molar refractivity (Wildman–Crippen MR) is 106 cm³/mol. The van der Waals surface area contributed by atoms with Crippen LogP contribution in [0.4, 0.5) is 0 Å². The molecule has 0 aliphatic rings. The molecule has 0 unspecified atom stereocenters. The van der Waals surface area contributed by atoms with Crippen molar-refractivity contribution in [3.05, 3.63) is 48.7 Å². The van der Waals surface area contributed by atoms with Crippen LogP contribution in [0.15, 0.2) is 43.0 Å². The van der Waals surface area contributed by atoms with Gasteiger partial charge in [0.2, 0.25) is 0 Å². The average molecular weight is 386 g/mol. The molecule has 9 heteroatoms. The number of nitrogens with one attached hydrogen (secondary N) is 3. The van der Waals surface area contributed by atoms with E-state index < -0.39 is 5.41 Å². The Morgan fingerprint density at radius 2 is 2.10 bits per heavy atom. The highest BCUT2D eigenvalue weighted by Gasteiger charge is 2.19. The zero-order valence-electron chi connectivity index (χ0n) is 15.9. The standard InChI is InChI=1S/C20H18N8O/c1-20(2,10-21)11-24-19(29)17-9-22-8-16(26-17)13-5-12-6-15(14-3-4-25-28-14)27-18(12)23-7-13/h3-9H,11H2,1-2H3,(H,23,27)(H,24,29)(H,25,28). The number of hydrogen-bond donors (Lipinski definition) is 3. The van der Waals surface area contributed by atoms with Gasteiger partial charge < -0.3 is 10.3 Å². The highest BCUT2D eigenvalue weighted by atomic mass is 16.1. The van der Waals surface area contributed by atoms with E-state index in [9.17, 15) is 4.79 Å². The van der Waals surface area contributed by atoms with Gasteiger partial charge in [0.15, 0.2) is 0 Å². The first-order valence-electron chi connectivity index (χ1n) is 8.95. The first kappa shape index (κ1) is 18.3. The van der Waals surface area contributed by atoms with E-state index in [4.69, 9.17) is 5.26 Å². The second-order valence-corrected chi connectivity index (χ2v) is 7.28. The molecule has 0 aromatic carbocycles. The van der Waals surface area contributed by atoms with Crippen LogP contribution < -0.4 is 5.32 Å². The number of amides is 1. The third-order valence-electron chi connectivity index (χ3n) is 4.42. The molecule has 3 N–H and O–H groups in total. The summed E-state index contributed by atoms with van der Waals surface area (Å²) in [6, 6.07) is 7.91. The number of aromatic nitrogens is 6. The maximum absolute atomic E-state index is 12.4. The summed E-state index contributed by atoms with van der Waals surface area (Å²) in [5.41, 5.74) is 3.28. The normalized spacial score (nSPS) is 11.3. The van der Waals surface area contributed by atoms with Gasteiger partial charge in [-0.05, 0) is 32.0 Å². The fraction of sp³-hybridized carbons (Fsp3) is 0.200. The van der Waals surface area contributed by atoms with Crippen LogP contribution in [0.5, 0.6) is 0 Å². The van der Waals surface area contributed by atoms with E-state index in [1.165, 1.54) is 6.20 Å². The number of nitriles is 1. The molecule has 0 atom stereocenters. The number of nitrogens with zero attached hydrogens (tertiary/aromatic N) is 5. The highest BCUT2D eigenvalue weighted by Crippen LogP contribution is 2.25. The molecule has 1 amide bonds. The minimum Gasteiger partial charge on any atom is -0.349 e. The third-order valence-corrected chi connectivity index (χ3v) is 4.42. The van der Waals surface area contributed by atoms with Crippen molar-refractivity contribution in [2.45, 2.75) is 13.8 Å². The summed E-state index contributed by atoms with van der Waals surface area (Å²) in [6.45, 7) is 3.73. The summed E-state index contributed by atoms with van der Waals surface area (Å²) in [5, 5.41) is 19.6. The number of fused-ring (bicyclic) bond motifs is 1. The van der Waals surface area contributed by atoms with Crippen molar-refractivity contribution in [3.63, 3.8) is 0 Å².